The van der Waals surface area contributed by atoms with Crippen LogP contribution in [-0.2, 0) is 5.41 Å². The van der Waals surface area contributed by atoms with Gasteiger partial charge in [0.15, 0.2) is 0 Å². The molecule has 3 nitrogen and oxygen atoms in total. The fraction of sp³-hybridized carbons (Fsp3) is 0.300. The van der Waals surface area contributed by atoms with Crippen molar-refractivity contribution in [3.63, 3.8) is 0 Å². The fourth-order valence-electron chi connectivity index (χ4n) is 4.22. The van der Waals surface area contributed by atoms with E-state index < -0.39 is 0 Å². The number of hydrogen-bond donors (Lipinski definition) is 0. The average molecular weight is 301 g/mol. The van der Waals surface area contributed by atoms with Crippen LogP contribution in [0.2, 0.25) is 0 Å². The molecule has 0 aliphatic carbocycles. The van der Waals surface area contributed by atoms with Crippen molar-refractivity contribution in [1.82, 2.24) is 14.9 Å². The van der Waals surface area contributed by atoms with Gasteiger partial charge in [0.1, 0.15) is 0 Å². The molecular weight excluding hydrogens is 282 g/mol. The average Bonchev–Trinajstić information content (AvgIpc) is 3.24. The lowest BCUT2D eigenvalue weighted by Crippen LogP contribution is -2.24. The van der Waals surface area contributed by atoms with Crippen molar-refractivity contribution < 1.29 is 0 Å². The van der Waals surface area contributed by atoms with Crippen LogP contribution >= 0.6 is 0 Å². The van der Waals surface area contributed by atoms with E-state index in [1.165, 1.54) is 38.0 Å². The van der Waals surface area contributed by atoms with Gasteiger partial charge >= 0.3 is 0 Å². The number of pyridine rings is 2. The van der Waals surface area contributed by atoms with Crippen LogP contribution in [0.5, 0.6) is 0 Å². The molecule has 0 atom stereocenters. The molecule has 2 aromatic heterocycles. The predicted octanol–water partition coefficient (Wildman–Crippen LogP) is 3.64. The lowest BCUT2D eigenvalue weighted by Gasteiger charge is -2.25. The minimum atomic E-state index is 0.374. The summed E-state index contributed by atoms with van der Waals surface area (Å²) in [7, 11) is 0. The smallest absolute Gasteiger partial charge is 0.0702 e. The van der Waals surface area contributed by atoms with Gasteiger partial charge in [0.05, 0.1) is 11.2 Å². The second-order valence-electron chi connectivity index (χ2n) is 6.90. The number of hydrogen-bond acceptors (Lipinski definition) is 3. The van der Waals surface area contributed by atoms with Gasteiger partial charge < -0.3 is 4.90 Å². The highest BCUT2D eigenvalue weighted by Gasteiger charge is 2.44. The molecule has 4 heterocycles. The molecule has 3 aromatic rings. The SMILES string of the molecule is c1cnc2ccc(-c3ccc(C45CCN(CC4)C5)cn3)cc2c1. The highest BCUT2D eigenvalue weighted by molar-refractivity contribution is 5.83. The zero-order valence-electron chi connectivity index (χ0n) is 13.1. The van der Waals surface area contributed by atoms with Crippen molar-refractivity contribution in [3.05, 3.63) is 60.4 Å². The zero-order valence-corrected chi connectivity index (χ0v) is 13.1. The third-order valence-electron chi connectivity index (χ3n) is 5.61. The van der Waals surface area contributed by atoms with Gasteiger partial charge in [-0.2, -0.15) is 0 Å². The Morgan fingerprint density at radius 2 is 1.87 bits per heavy atom. The Morgan fingerprint density at radius 1 is 0.957 bits per heavy atom. The molecule has 3 heteroatoms. The van der Waals surface area contributed by atoms with E-state index >= 15 is 0 Å². The number of benzene rings is 1. The number of aromatic nitrogens is 2. The van der Waals surface area contributed by atoms with Crippen LogP contribution in [0.1, 0.15) is 18.4 Å². The second-order valence-corrected chi connectivity index (χ2v) is 6.90. The molecule has 0 saturated carbocycles. The molecule has 23 heavy (non-hydrogen) atoms. The summed E-state index contributed by atoms with van der Waals surface area (Å²) in [5, 5.41) is 1.16. The Balaban J connectivity index is 1.51. The molecular formula is C20H19N3. The number of nitrogens with zero attached hydrogens (tertiary/aromatic N) is 3. The van der Waals surface area contributed by atoms with Gasteiger partial charge in [-0.15, -0.1) is 0 Å². The summed E-state index contributed by atoms with van der Waals surface area (Å²) in [5.74, 6) is 0. The third kappa shape index (κ3) is 2.07. The molecule has 2 bridgehead atoms. The van der Waals surface area contributed by atoms with Gasteiger partial charge in [-0.1, -0.05) is 18.2 Å². The van der Waals surface area contributed by atoms with Crippen LogP contribution in [0.25, 0.3) is 22.2 Å². The second kappa shape index (κ2) is 4.87. The number of rotatable bonds is 2. The largest absolute Gasteiger partial charge is 0.302 e. The first-order chi connectivity index (χ1) is 11.3. The van der Waals surface area contributed by atoms with Crippen LogP contribution in [-0.4, -0.2) is 34.5 Å². The van der Waals surface area contributed by atoms with Crippen molar-refractivity contribution in [2.75, 3.05) is 19.6 Å². The summed E-state index contributed by atoms with van der Waals surface area (Å²) in [5.41, 5.74) is 5.03. The van der Waals surface area contributed by atoms with Gasteiger partial charge in [0, 0.05) is 35.3 Å². The van der Waals surface area contributed by atoms with Crippen LogP contribution < -0.4 is 0 Å². The Morgan fingerprint density at radius 3 is 2.61 bits per heavy atom. The summed E-state index contributed by atoms with van der Waals surface area (Å²) in [6.45, 7) is 3.72. The van der Waals surface area contributed by atoms with Crippen molar-refractivity contribution in [1.29, 1.82) is 0 Å². The molecule has 0 N–H and O–H groups in total. The first kappa shape index (κ1) is 13.2. The van der Waals surface area contributed by atoms with Crippen molar-refractivity contribution in [3.8, 4) is 11.3 Å². The van der Waals surface area contributed by atoms with E-state index in [1.54, 1.807) is 0 Å². The van der Waals surface area contributed by atoms with Gasteiger partial charge in [-0.25, -0.2) is 0 Å². The summed E-state index contributed by atoms with van der Waals surface area (Å²) in [4.78, 5) is 11.7. The fourth-order valence-corrected chi connectivity index (χ4v) is 4.22. The Labute approximate surface area is 136 Å². The van der Waals surface area contributed by atoms with Crippen LogP contribution in [0.3, 0.4) is 0 Å². The minimum Gasteiger partial charge on any atom is -0.302 e. The topological polar surface area (TPSA) is 29.0 Å². The Bertz CT molecular complexity index is 861. The summed E-state index contributed by atoms with van der Waals surface area (Å²) >= 11 is 0. The molecule has 0 unspecified atom stereocenters. The monoisotopic (exact) mass is 301 g/mol. The number of piperidine rings is 1. The van der Waals surface area contributed by atoms with E-state index in [0.29, 0.717) is 5.41 Å². The highest BCUT2D eigenvalue weighted by Crippen LogP contribution is 2.43. The van der Waals surface area contributed by atoms with Gasteiger partial charge in [-0.05, 0) is 55.8 Å². The quantitative estimate of drug-likeness (QED) is 0.723. The van der Waals surface area contributed by atoms with Gasteiger partial charge in [-0.3, -0.25) is 9.97 Å². The maximum atomic E-state index is 4.77. The summed E-state index contributed by atoms with van der Waals surface area (Å²) in [6, 6.07) is 14.9. The van der Waals surface area contributed by atoms with Crippen molar-refractivity contribution in [2.24, 2.45) is 0 Å². The first-order valence-corrected chi connectivity index (χ1v) is 8.37. The van der Waals surface area contributed by atoms with Crippen LogP contribution in [0, 0.1) is 0 Å². The standard InChI is InChI=1S/C20H19N3/c1-2-15-12-16(3-5-18(15)21-9-1)19-6-4-17(13-22-19)20-7-10-23(14-20)11-8-20/h1-6,9,12-13H,7-8,10-11,14H2. The van der Waals surface area contributed by atoms with Gasteiger partial charge in [0.25, 0.3) is 0 Å². The predicted molar refractivity (Wildman–Crippen MR) is 92.3 cm³/mol. The highest BCUT2D eigenvalue weighted by atomic mass is 15.2. The Hall–Kier alpha value is -2.26. The molecule has 114 valence electrons. The maximum absolute atomic E-state index is 4.77. The van der Waals surface area contributed by atoms with E-state index in [2.05, 4.69) is 52.5 Å². The van der Waals surface area contributed by atoms with Crippen molar-refractivity contribution in [2.45, 2.75) is 18.3 Å². The van der Waals surface area contributed by atoms with E-state index in [0.717, 1.165) is 22.2 Å². The molecule has 2 fully saturated rings. The maximum Gasteiger partial charge on any atom is 0.0702 e. The first-order valence-electron chi connectivity index (χ1n) is 8.37. The van der Waals surface area contributed by atoms with Crippen LogP contribution in [0.15, 0.2) is 54.9 Å². The van der Waals surface area contributed by atoms with Crippen molar-refractivity contribution >= 4 is 10.9 Å². The number of fused-ring (bicyclic) bond motifs is 3. The van der Waals surface area contributed by atoms with E-state index in [4.69, 9.17) is 4.98 Å². The summed E-state index contributed by atoms with van der Waals surface area (Å²) in [6.07, 6.45) is 6.52. The summed E-state index contributed by atoms with van der Waals surface area (Å²) < 4.78 is 0. The van der Waals surface area contributed by atoms with E-state index in [9.17, 15) is 0 Å². The molecule has 0 amide bonds. The molecule has 0 spiro atoms. The molecule has 1 aromatic carbocycles. The molecule has 2 aliphatic rings. The lowest BCUT2D eigenvalue weighted by atomic mass is 9.78. The molecule has 2 aliphatic heterocycles. The van der Waals surface area contributed by atoms with E-state index in [-0.39, 0.29) is 0 Å². The van der Waals surface area contributed by atoms with Crippen LogP contribution in [0.4, 0.5) is 0 Å². The minimum absolute atomic E-state index is 0.374. The third-order valence-corrected chi connectivity index (χ3v) is 5.61. The normalized spacial score (nSPS) is 26.0. The van der Waals surface area contributed by atoms with E-state index in [1.807, 2.05) is 12.3 Å². The Kier molecular flexibility index (Phi) is 2.79. The molecule has 0 radical (unpaired) electrons. The zero-order chi connectivity index (χ0) is 15.3. The molecule has 5 rings (SSSR count). The van der Waals surface area contributed by atoms with Gasteiger partial charge in [0.2, 0.25) is 0 Å². The molecule has 2 saturated heterocycles. The lowest BCUT2D eigenvalue weighted by molar-refractivity contribution is 0.364.